The minimum atomic E-state index is -0.858. The van der Waals surface area contributed by atoms with E-state index in [4.69, 9.17) is 14.7 Å². The Kier molecular flexibility index (Phi) is 6.41. The summed E-state index contributed by atoms with van der Waals surface area (Å²) in [4.78, 5) is 21.1. The first kappa shape index (κ1) is 18.9. The van der Waals surface area contributed by atoms with Gasteiger partial charge in [0.15, 0.2) is 6.10 Å². The van der Waals surface area contributed by atoms with Crippen LogP contribution in [0.1, 0.15) is 49.1 Å². The summed E-state index contributed by atoms with van der Waals surface area (Å²) >= 11 is 0. The van der Waals surface area contributed by atoms with Crippen molar-refractivity contribution in [3.63, 3.8) is 0 Å². The van der Waals surface area contributed by atoms with Gasteiger partial charge in [0, 0.05) is 12.1 Å². The number of ether oxygens (including phenoxy) is 1. The summed E-state index contributed by atoms with van der Waals surface area (Å²) in [5.41, 5.74) is 2.44. The number of carbonyl (C=O) groups is 1. The van der Waals surface area contributed by atoms with E-state index in [0.29, 0.717) is 5.90 Å². The van der Waals surface area contributed by atoms with Gasteiger partial charge < -0.3 is 14.7 Å². The van der Waals surface area contributed by atoms with Crippen molar-refractivity contribution in [1.29, 1.82) is 0 Å². The van der Waals surface area contributed by atoms with E-state index in [1.807, 2.05) is 49.4 Å². The van der Waals surface area contributed by atoms with Crippen molar-refractivity contribution >= 4 is 11.9 Å². The lowest BCUT2D eigenvalue weighted by atomic mass is 10.1. The average molecular weight is 368 g/mol. The maximum atomic E-state index is 11.0. The Bertz CT molecular complexity index is 788. The number of nitrogens with zero attached hydrogens (tertiary/aromatic N) is 2. The van der Waals surface area contributed by atoms with Crippen LogP contribution in [0.4, 0.5) is 0 Å². The molecule has 0 radical (unpaired) electrons. The van der Waals surface area contributed by atoms with E-state index in [1.54, 1.807) is 6.20 Å². The molecule has 3 rings (SSSR count). The number of hydrogen-bond donors (Lipinski definition) is 1. The largest absolute Gasteiger partial charge is 0.481 e. The number of rotatable bonds is 9. The van der Waals surface area contributed by atoms with Crippen LogP contribution < -0.4 is 0 Å². The molecule has 1 unspecified atom stereocenters. The summed E-state index contributed by atoms with van der Waals surface area (Å²) in [5.74, 6) is -0.00426. The van der Waals surface area contributed by atoms with Crippen LogP contribution in [0, 0.1) is 5.92 Å². The predicted molar refractivity (Wildman–Crippen MR) is 101 cm³/mol. The highest BCUT2D eigenvalue weighted by atomic mass is 16.7. The Hall–Kier alpha value is -2.89. The monoisotopic (exact) mass is 368 g/mol. The molecule has 1 heterocycles. The highest BCUT2D eigenvalue weighted by Gasteiger charge is 2.31. The van der Waals surface area contributed by atoms with Crippen molar-refractivity contribution < 1.29 is 19.5 Å². The third-order valence-corrected chi connectivity index (χ3v) is 4.42. The number of benzene rings is 1. The first-order valence-electron chi connectivity index (χ1n) is 9.23. The molecule has 1 aliphatic carbocycles. The third-order valence-electron chi connectivity index (χ3n) is 4.42. The van der Waals surface area contributed by atoms with E-state index in [2.05, 4.69) is 10.1 Å². The molecule has 0 amide bonds. The molecular formula is C21H24N2O4. The fourth-order valence-electron chi connectivity index (χ4n) is 2.75. The second-order valence-corrected chi connectivity index (χ2v) is 6.59. The number of carboxylic acid groups (broad SMARTS) is 1. The van der Waals surface area contributed by atoms with Crippen molar-refractivity contribution in [2.45, 2.75) is 45.3 Å². The van der Waals surface area contributed by atoms with E-state index in [0.717, 1.165) is 36.1 Å². The third kappa shape index (κ3) is 5.54. The molecule has 1 N–H and O–H groups in total. The first-order chi connectivity index (χ1) is 13.2. The summed E-state index contributed by atoms with van der Waals surface area (Å²) in [6.07, 6.45) is 4.30. The van der Waals surface area contributed by atoms with Gasteiger partial charge in [0.2, 0.25) is 5.90 Å². The second kappa shape index (κ2) is 9.16. The molecule has 1 fully saturated rings. The molecule has 1 aliphatic rings. The topological polar surface area (TPSA) is 81.0 Å². The van der Waals surface area contributed by atoms with Gasteiger partial charge in [-0.2, -0.15) is 0 Å². The Morgan fingerprint density at radius 2 is 1.96 bits per heavy atom. The van der Waals surface area contributed by atoms with E-state index < -0.39 is 5.97 Å². The molecule has 142 valence electrons. The average Bonchev–Trinajstić information content (AvgIpc) is 3.51. The zero-order valence-electron chi connectivity index (χ0n) is 15.4. The normalized spacial score (nSPS) is 15.2. The molecule has 0 saturated heterocycles. The number of carboxylic acids is 1. The summed E-state index contributed by atoms with van der Waals surface area (Å²) in [7, 11) is 0. The van der Waals surface area contributed by atoms with Gasteiger partial charge in [0.25, 0.3) is 0 Å². The lowest BCUT2D eigenvalue weighted by Crippen LogP contribution is -2.12. The first-order valence-corrected chi connectivity index (χ1v) is 9.23. The van der Waals surface area contributed by atoms with E-state index >= 15 is 0 Å². The summed E-state index contributed by atoms with van der Waals surface area (Å²) in [5, 5.41) is 13.3. The molecule has 0 aliphatic heterocycles. The van der Waals surface area contributed by atoms with Crippen LogP contribution in [0.5, 0.6) is 0 Å². The Balaban J connectivity index is 1.66. The number of pyridine rings is 1. The standard InChI is InChI=1S/C21H24N2O4/c1-2-19(18-9-5-6-12-22-18)27-23-21(15-10-11-15)26-14-17-8-4-3-7-16(17)13-20(24)25/h3-9,12,15,19H,2,10-11,13-14H2,1H3,(H,24,25)/b23-21+. The maximum absolute atomic E-state index is 11.0. The highest BCUT2D eigenvalue weighted by molar-refractivity contribution is 5.80. The van der Waals surface area contributed by atoms with Gasteiger partial charge in [0.05, 0.1) is 12.1 Å². The molecule has 1 saturated carbocycles. The summed E-state index contributed by atoms with van der Waals surface area (Å²) in [6.45, 7) is 2.30. The SMILES string of the molecule is CCC(O/N=C(/OCc1ccccc1CC(=O)O)C1CC1)c1ccccn1. The Labute approximate surface area is 158 Å². The summed E-state index contributed by atoms with van der Waals surface area (Å²) in [6, 6.07) is 13.1. The van der Waals surface area contributed by atoms with Crippen LogP contribution in [-0.2, 0) is 27.4 Å². The van der Waals surface area contributed by atoms with Crippen LogP contribution in [0.15, 0.2) is 53.8 Å². The van der Waals surface area contributed by atoms with Gasteiger partial charge in [0.1, 0.15) is 6.61 Å². The Morgan fingerprint density at radius 3 is 2.59 bits per heavy atom. The van der Waals surface area contributed by atoms with Crippen molar-refractivity contribution in [3.05, 3.63) is 65.5 Å². The molecule has 2 aromatic rings. The fourth-order valence-corrected chi connectivity index (χ4v) is 2.75. The highest BCUT2D eigenvalue weighted by Crippen LogP contribution is 2.32. The summed E-state index contributed by atoms with van der Waals surface area (Å²) < 4.78 is 5.92. The van der Waals surface area contributed by atoms with Crippen LogP contribution in [0.2, 0.25) is 0 Å². The van der Waals surface area contributed by atoms with Gasteiger partial charge in [-0.25, -0.2) is 0 Å². The lowest BCUT2D eigenvalue weighted by molar-refractivity contribution is -0.136. The van der Waals surface area contributed by atoms with Gasteiger partial charge in [-0.05, 0) is 42.5 Å². The molecule has 0 bridgehead atoms. The molecule has 27 heavy (non-hydrogen) atoms. The van der Waals surface area contributed by atoms with Gasteiger partial charge in [-0.3, -0.25) is 9.78 Å². The minimum absolute atomic E-state index is 0.0243. The molecule has 1 aromatic heterocycles. The van der Waals surface area contributed by atoms with E-state index in [-0.39, 0.29) is 25.0 Å². The lowest BCUT2D eigenvalue weighted by Gasteiger charge is -2.15. The number of aromatic nitrogens is 1. The van der Waals surface area contributed by atoms with Gasteiger partial charge in [-0.15, -0.1) is 0 Å². The zero-order valence-corrected chi connectivity index (χ0v) is 15.4. The van der Waals surface area contributed by atoms with Gasteiger partial charge in [-0.1, -0.05) is 42.4 Å². The van der Waals surface area contributed by atoms with E-state index in [9.17, 15) is 4.79 Å². The molecule has 0 spiro atoms. The zero-order chi connectivity index (χ0) is 19.1. The van der Waals surface area contributed by atoms with Gasteiger partial charge >= 0.3 is 5.97 Å². The number of hydrogen-bond acceptors (Lipinski definition) is 5. The van der Waals surface area contributed by atoms with Crippen LogP contribution >= 0.6 is 0 Å². The number of oxime groups is 1. The van der Waals surface area contributed by atoms with Crippen molar-refractivity contribution in [3.8, 4) is 0 Å². The molecule has 1 atom stereocenters. The smallest absolute Gasteiger partial charge is 0.307 e. The Morgan fingerprint density at radius 1 is 1.22 bits per heavy atom. The molecule has 6 heteroatoms. The van der Waals surface area contributed by atoms with Crippen LogP contribution in [0.25, 0.3) is 0 Å². The molecule has 6 nitrogen and oxygen atoms in total. The van der Waals surface area contributed by atoms with Crippen molar-refractivity contribution in [1.82, 2.24) is 4.98 Å². The second-order valence-electron chi connectivity index (χ2n) is 6.59. The molecular weight excluding hydrogens is 344 g/mol. The fraction of sp³-hybridized carbons (Fsp3) is 0.381. The van der Waals surface area contributed by atoms with Crippen LogP contribution in [0.3, 0.4) is 0 Å². The van der Waals surface area contributed by atoms with Crippen molar-refractivity contribution in [2.24, 2.45) is 11.1 Å². The maximum Gasteiger partial charge on any atom is 0.307 e. The predicted octanol–water partition coefficient (Wildman–Crippen LogP) is 4.12. The quantitative estimate of drug-likeness (QED) is 0.409. The number of aliphatic carboxylic acids is 1. The van der Waals surface area contributed by atoms with Crippen LogP contribution in [-0.4, -0.2) is 22.0 Å². The molecule has 1 aromatic carbocycles. The van der Waals surface area contributed by atoms with E-state index in [1.165, 1.54) is 0 Å². The minimum Gasteiger partial charge on any atom is -0.481 e. The van der Waals surface area contributed by atoms with Crippen molar-refractivity contribution in [2.75, 3.05) is 0 Å².